The Morgan fingerprint density at radius 3 is 2.51 bits per heavy atom. The van der Waals surface area contributed by atoms with E-state index in [0.717, 1.165) is 41.8 Å². The number of H-pyrrole nitrogens is 1. The number of nitrogens with zero attached hydrogens (tertiary/aromatic N) is 5. The summed E-state index contributed by atoms with van der Waals surface area (Å²) in [7, 11) is 0. The lowest BCUT2D eigenvalue weighted by Gasteiger charge is -2.35. The smallest absolute Gasteiger partial charge is 0.293 e. The van der Waals surface area contributed by atoms with Crippen molar-refractivity contribution in [2.45, 2.75) is 37.5 Å². The van der Waals surface area contributed by atoms with Gasteiger partial charge in [-0.05, 0) is 66.1 Å². The molecule has 1 aliphatic heterocycles. The first-order valence-corrected chi connectivity index (χ1v) is 14.7. The number of hydrogen-bond acceptors (Lipinski definition) is 4. The molecule has 6 rings (SSSR count). The van der Waals surface area contributed by atoms with Gasteiger partial charge >= 0.3 is 0 Å². The lowest BCUT2D eigenvalue weighted by atomic mass is 9.84. The molecule has 0 saturated carbocycles. The summed E-state index contributed by atoms with van der Waals surface area (Å²) >= 11 is 6.38. The van der Waals surface area contributed by atoms with Crippen molar-refractivity contribution in [2.24, 2.45) is 0 Å². The van der Waals surface area contributed by atoms with Gasteiger partial charge in [-0.3, -0.25) is 4.98 Å². The van der Waals surface area contributed by atoms with Gasteiger partial charge in [0.1, 0.15) is 10.8 Å². The zero-order chi connectivity index (χ0) is 29.8. The largest absolute Gasteiger partial charge is 0.371 e. The number of nitrogens with one attached hydrogen (secondary N) is 1. The van der Waals surface area contributed by atoms with Crippen molar-refractivity contribution in [3.63, 3.8) is 0 Å². The lowest BCUT2D eigenvalue weighted by molar-refractivity contribution is -0.659. The van der Waals surface area contributed by atoms with E-state index in [1.54, 1.807) is 15.9 Å². The molecule has 218 valence electrons. The fraction of sp³-hybridized carbons (Fsp3) is 0.235. The van der Waals surface area contributed by atoms with Crippen LogP contribution < -0.4 is 4.68 Å². The van der Waals surface area contributed by atoms with Crippen molar-refractivity contribution in [1.82, 2.24) is 25.4 Å². The second kappa shape index (κ2) is 12.8. The predicted molar refractivity (Wildman–Crippen MR) is 163 cm³/mol. The van der Waals surface area contributed by atoms with Crippen LogP contribution in [0.2, 0.25) is 5.02 Å². The number of likely N-dealkylation sites (tertiary alicyclic amines) is 1. The molecule has 2 aromatic heterocycles. The normalized spacial score (nSPS) is 14.7. The zero-order valence-electron chi connectivity index (χ0n) is 23.6. The highest BCUT2D eigenvalue weighted by Gasteiger charge is 2.26. The number of alkyl halides is 2. The van der Waals surface area contributed by atoms with Gasteiger partial charge < -0.3 is 4.90 Å². The van der Waals surface area contributed by atoms with Crippen molar-refractivity contribution >= 4 is 11.6 Å². The van der Waals surface area contributed by atoms with Crippen LogP contribution in [0.25, 0.3) is 16.8 Å². The summed E-state index contributed by atoms with van der Waals surface area (Å²) in [6, 6.07) is 29.0. The maximum Gasteiger partial charge on any atom is 0.293 e. The topological polar surface area (TPSA) is 61.6 Å². The summed E-state index contributed by atoms with van der Waals surface area (Å²) < 4.78 is 28.1. The van der Waals surface area contributed by atoms with E-state index in [0.29, 0.717) is 24.0 Å². The molecule has 1 N–H and O–H groups in total. The molecular formula is C34H32ClF2N6+. The summed E-state index contributed by atoms with van der Waals surface area (Å²) in [5, 5.41) is 11.2. The van der Waals surface area contributed by atoms with E-state index < -0.39 is 6.43 Å². The number of pyridine rings is 1. The van der Waals surface area contributed by atoms with Gasteiger partial charge in [-0.1, -0.05) is 84.1 Å². The van der Waals surface area contributed by atoms with Gasteiger partial charge in [0.25, 0.3) is 12.8 Å². The molecule has 0 bridgehead atoms. The van der Waals surface area contributed by atoms with Gasteiger partial charge in [0, 0.05) is 47.0 Å². The molecule has 1 aliphatic rings. The molecule has 0 radical (unpaired) electrons. The maximum absolute atomic E-state index is 13.2. The van der Waals surface area contributed by atoms with Crippen LogP contribution >= 0.6 is 11.6 Å². The molecule has 9 heteroatoms. The van der Waals surface area contributed by atoms with Crippen molar-refractivity contribution in [1.29, 1.82) is 0 Å². The third kappa shape index (κ3) is 6.49. The van der Waals surface area contributed by atoms with Crippen LogP contribution in [0.5, 0.6) is 0 Å². The fourth-order valence-electron chi connectivity index (χ4n) is 5.92. The average Bonchev–Trinajstić information content (AvgIpc) is 3.59. The van der Waals surface area contributed by atoms with Crippen LogP contribution in [0, 0.1) is 0 Å². The number of piperidine rings is 1. The van der Waals surface area contributed by atoms with Crippen LogP contribution in [-0.2, 0) is 6.42 Å². The molecule has 3 heterocycles. The molecule has 1 saturated heterocycles. The highest BCUT2D eigenvalue weighted by atomic mass is 35.5. The third-order valence-electron chi connectivity index (χ3n) is 8.27. The Bertz CT molecular complexity index is 1670. The number of rotatable bonds is 9. The highest BCUT2D eigenvalue weighted by molar-refractivity contribution is 6.31. The predicted octanol–water partition coefficient (Wildman–Crippen LogP) is 7.13. The van der Waals surface area contributed by atoms with Crippen LogP contribution in [0.4, 0.5) is 8.78 Å². The minimum atomic E-state index is -2.51. The summed E-state index contributed by atoms with van der Waals surface area (Å²) in [6.45, 7) is 4.77. The van der Waals surface area contributed by atoms with Crippen LogP contribution in [0.15, 0.2) is 110 Å². The van der Waals surface area contributed by atoms with Crippen LogP contribution in [-0.4, -0.2) is 44.9 Å². The Balaban J connectivity index is 1.30. The molecule has 0 aliphatic carbocycles. The number of benzene rings is 3. The Kier molecular flexibility index (Phi) is 8.56. The summed E-state index contributed by atoms with van der Waals surface area (Å²) in [4.78, 5) is 6.71. The van der Waals surface area contributed by atoms with Gasteiger partial charge in [0.15, 0.2) is 5.21 Å². The van der Waals surface area contributed by atoms with Gasteiger partial charge in [0.2, 0.25) is 0 Å². The molecule has 0 amide bonds. The third-order valence-corrected chi connectivity index (χ3v) is 8.51. The zero-order valence-corrected chi connectivity index (χ0v) is 24.3. The Hall–Kier alpha value is -4.43. The van der Waals surface area contributed by atoms with Crippen LogP contribution in [0.3, 0.4) is 0 Å². The minimum Gasteiger partial charge on any atom is -0.371 e. The van der Waals surface area contributed by atoms with Gasteiger partial charge in [-0.15, -0.1) is 4.68 Å². The summed E-state index contributed by atoms with van der Waals surface area (Å²) in [5.74, 6) is 0.338. The van der Waals surface area contributed by atoms with Crippen molar-refractivity contribution in [2.75, 3.05) is 13.1 Å². The van der Waals surface area contributed by atoms with E-state index in [2.05, 4.69) is 82.8 Å². The van der Waals surface area contributed by atoms with E-state index in [4.69, 9.17) is 16.6 Å². The highest BCUT2D eigenvalue weighted by Crippen LogP contribution is 2.35. The van der Waals surface area contributed by atoms with Gasteiger partial charge in [-0.25, -0.2) is 8.78 Å². The second-order valence-electron chi connectivity index (χ2n) is 10.9. The number of aromatic nitrogens is 5. The first-order valence-electron chi connectivity index (χ1n) is 14.4. The maximum atomic E-state index is 13.2. The van der Waals surface area contributed by atoms with E-state index in [1.165, 1.54) is 16.7 Å². The Morgan fingerprint density at radius 2 is 1.81 bits per heavy atom. The molecule has 3 aromatic carbocycles. The van der Waals surface area contributed by atoms with E-state index in [1.807, 2.05) is 30.5 Å². The molecule has 5 aromatic rings. The quantitative estimate of drug-likeness (QED) is 0.184. The number of hydrogen-bond donors (Lipinski definition) is 1. The molecule has 43 heavy (non-hydrogen) atoms. The molecule has 6 nitrogen and oxygen atoms in total. The van der Waals surface area contributed by atoms with E-state index in [9.17, 15) is 8.78 Å². The second-order valence-corrected chi connectivity index (χ2v) is 11.3. The van der Waals surface area contributed by atoms with Crippen molar-refractivity contribution in [3.8, 4) is 16.8 Å². The molecular weight excluding hydrogens is 566 g/mol. The number of tetrazole rings is 1. The molecule has 0 spiro atoms. The first kappa shape index (κ1) is 28.7. The van der Waals surface area contributed by atoms with Crippen LogP contribution in [0.1, 0.15) is 47.1 Å². The average molecular weight is 598 g/mol. The summed E-state index contributed by atoms with van der Waals surface area (Å²) in [6.07, 6.45) is 3.42. The van der Waals surface area contributed by atoms with Gasteiger partial charge in [-0.2, -0.15) is 0 Å². The van der Waals surface area contributed by atoms with Gasteiger partial charge in [0.05, 0.1) is 5.70 Å². The lowest BCUT2D eigenvalue weighted by Crippen LogP contribution is -2.34. The van der Waals surface area contributed by atoms with Crippen molar-refractivity contribution < 1.29 is 13.5 Å². The molecule has 0 unspecified atom stereocenters. The minimum absolute atomic E-state index is 0.0279. The first-order chi connectivity index (χ1) is 21.0. The fourth-order valence-corrected chi connectivity index (χ4v) is 6.10. The number of halogens is 3. The summed E-state index contributed by atoms with van der Waals surface area (Å²) in [5.41, 5.74) is 7.23. The Morgan fingerprint density at radius 1 is 1.00 bits per heavy atom. The Labute approximate surface area is 254 Å². The van der Waals surface area contributed by atoms with E-state index >= 15 is 0 Å². The van der Waals surface area contributed by atoms with E-state index in [-0.39, 0.29) is 11.6 Å². The van der Waals surface area contributed by atoms with Crippen molar-refractivity contribution in [3.05, 3.63) is 137 Å². The monoisotopic (exact) mass is 597 g/mol. The molecule has 1 fully saturated rings. The SMILES string of the molecule is C=C(C(F)F)N1CCC(c2cccc([C@H](Cc3ccccc3)c3ccc(-c4cc(Cl)ccc4-[n+]4cnn[nH]4)cn3)c2)CC1. The number of allylic oxidation sites excluding steroid dienone is 1. The number of aromatic amines is 1. The standard InChI is InChI=1S/C34H31ClF2N6/c1-23(34(36)37)42-16-14-25(15-17-42)26-8-5-9-27(19-26)30(18-24-6-3-2-4-7-24)32-12-10-28(21-38-32)31-20-29(35)11-13-33(31)43-22-39-40-41-43/h2-13,19-22,25,30,34H,1,14-18H2/p+1/t30-/m0/s1. The molecule has 1 atom stereocenters.